The van der Waals surface area contributed by atoms with Crippen LogP contribution in [0.4, 0.5) is 0 Å². The van der Waals surface area contributed by atoms with Crippen molar-refractivity contribution in [1.29, 1.82) is 0 Å². The molecular formula is C23H18O5. The molecule has 1 atom stereocenters. The average molecular weight is 374 g/mol. The molecule has 28 heavy (non-hydrogen) atoms. The van der Waals surface area contributed by atoms with E-state index in [0.29, 0.717) is 5.56 Å². The summed E-state index contributed by atoms with van der Waals surface area (Å²) in [5, 5.41) is 30.0. The number of aromatic hydroxyl groups is 3. The summed E-state index contributed by atoms with van der Waals surface area (Å²) >= 11 is 0. The van der Waals surface area contributed by atoms with Gasteiger partial charge in [0.15, 0.2) is 5.78 Å². The van der Waals surface area contributed by atoms with E-state index in [1.807, 2.05) is 30.3 Å². The topological polar surface area (TPSA) is 87.0 Å². The molecule has 0 radical (unpaired) electrons. The van der Waals surface area contributed by atoms with Gasteiger partial charge in [0.25, 0.3) is 0 Å². The lowest BCUT2D eigenvalue weighted by Crippen LogP contribution is -2.21. The molecule has 140 valence electrons. The molecule has 0 spiro atoms. The minimum absolute atomic E-state index is 0.0535. The molecule has 4 rings (SSSR count). The first-order valence-electron chi connectivity index (χ1n) is 8.84. The molecule has 0 aromatic heterocycles. The molecule has 3 aromatic carbocycles. The number of Topliss-reactive ketones (excluding diaryl/α,β-unsaturated/α-hetero) is 1. The normalized spacial score (nSPS) is 16.0. The largest absolute Gasteiger partial charge is 0.508 e. The van der Waals surface area contributed by atoms with Gasteiger partial charge in [0.2, 0.25) is 0 Å². The second-order valence-corrected chi connectivity index (χ2v) is 6.60. The molecule has 3 aromatic rings. The lowest BCUT2D eigenvalue weighted by Gasteiger charge is -2.27. The van der Waals surface area contributed by atoms with E-state index in [0.717, 1.165) is 17.2 Å². The third kappa shape index (κ3) is 3.30. The number of carbonyl (C=O) groups is 1. The lowest BCUT2D eigenvalue weighted by atomic mass is 9.93. The highest BCUT2D eigenvalue weighted by Gasteiger charge is 2.33. The van der Waals surface area contributed by atoms with Gasteiger partial charge in [-0.1, -0.05) is 48.5 Å². The Morgan fingerprint density at radius 3 is 2.32 bits per heavy atom. The summed E-state index contributed by atoms with van der Waals surface area (Å²) in [6.45, 7) is 0. The minimum atomic E-state index is -0.578. The second kappa shape index (κ2) is 7.12. The lowest BCUT2D eigenvalue weighted by molar-refractivity contribution is 0.0844. The minimum Gasteiger partial charge on any atom is -0.508 e. The standard InChI is InChI=1S/C23H18O5/c24-16-9-7-15(8-10-16)21-13-20(27)22-19(26)12-18(25)17(23(22)28-21)11-6-14-4-2-1-3-5-14/h1-12,21,24-26H,13H2. The predicted molar refractivity (Wildman–Crippen MR) is 106 cm³/mol. The Labute approximate surface area is 161 Å². The van der Waals surface area contributed by atoms with Crippen molar-refractivity contribution in [2.45, 2.75) is 12.5 Å². The number of phenolic OH excluding ortho intramolecular Hbond substituents is 3. The molecule has 5 nitrogen and oxygen atoms in total. The highest BCUT2D eigenvalue weighted by Crippen LogP contribution is 2.46. The highest BCUT2D eigenvalue weighted by atomic mass is 16.5. The highest BCUT2D eigenvalue weighted by molar-refractivity contribution is 6.04. The molecule has 0 fully saturated rings. The molecule has 5 heteroatoms. The van der Waals surface area contributed by atoms with Gasteiger partial charge in [-0.3, -0.25) is 4.79 Å². The third-order valence-corrected chi connectivity index (χ3v) is 4.69. The fraction of sp³-hybridized carbons (Fsp3) is 0.0870. The molecule has 1 unspecified atom stereocenters. The van der Waals surface area contributed by atoms with E-state index in [9.17, 15) is 20.1 Å². The van der Waals surface area contributed by atoms with Crippen LogP contribution in [-0.2, 0) is 0 Å². The van der Waals surface area contributed by atoms with E-state index >= 15 is 0 Å². The number of hydrogen-bond acceptors (Lipinski definition) is 5. The first-order valence-corrected chi connectivity index (χ1v) is 8.84. The van der Waals surface area contributed by atoms with Crippen molar-refractivity contribution in [2.24, 2.45) is 0 Å². The van der Waals surface area contributed by atoms with Crippen LogP contribution in [0, 0.1) is 0 Å². The SMILES string of the molecule is O=C1CC(c2ccc(O)cc2)Oc2c(C=Cc3ccccc3)c(O)cc(O)c21. The first-order chi connectivity index (χ1) is 13.5. The fourth-order valence-corrected chi connectivity index (χ4v) is 3.27. The van der Waals surface area contributed by atoms with Crippen LogP contribution in [0.3, 0.4) is 0 Å². The molecule has 0 aliphatic carbocycles. The van der Waals surface area contributed by atoms with E-state index < -0.39 is 6.10 Å². The molecule has 0 bridgehead atoms. The average Bonchev–Trinajstić information content (AvgIpc) is 2.68. The van der Waals surface area contributed by atoms with Crippen molar-refractivity contribution < 1.29 is 24.9 Å². The summed E-state index contributed by atoms with van der Waals surface area (Å²) in [7, 11) is 0. The Kier molecular flexibility index (Phi) is 4.49. The summed E-state index contributed by atoms with van der Waals surface area (Å²) in [5.74, 6) is -0.487. The summed E-state index contributed by atoms with van der Waals surface area (Å²) in [6, 6.07) is 17.1. The maximum absolute atomic E-state index is 12.7. The van der Waals surface area contributed by atoms with E-state index in [4.69, 9.17) is 4.74 Å². The first kappa shape index (κ1) is 17.7. The maximum Gasteiger partial charge on any atom is 0.174 e. The van der Waals surface area contributed by atoms with Crippen LogP contribution < -0.4 is 4.74 Å². The summed E-state index contributed by atoms with van der Waals surface area (Å²) in [6.07, 6.45) is 2.93. The summed E-state index contributed by atoms with van der Waals surface area (Å²) in [4.78, 5) is 12.7. The van der Waals surface area contributed by atoms with Gasteiger partial charge in [0.1, 0.15) is 34.7 Å². The number of hydrogen-bond donors (Lipinski definition) is 3. The Hall–Kier alpha value is -3.73. The van der Waals surface area contributed by atoms with Crippen molar-refractivity contribution >= 4 is 17.9 Å². The van der Waals surface area contributed by atoms with Crippen molar-refractivity contribution in [2.75, 3.05) is 0 Å². The Balaban J connectivity index is 1.78. The van der Waals surface area contributed by atoms with Gasteiger partial charge in [0.05, 0.1) is 12.0 Å². The third-order valence-electron chi connectivity index (χ3n) is 4.69. The van der Waals surface area contributed by atoms with Crippen LogP contribution in [0.1, 0.15) is 39.6 Å². The molecule has 3 N–H and O–H groups in total. The van der Waals surface area contributed by atoms with Crippen LogP contribution in [0.25, 0.3) is 12.2 Å². The molecular weight excluding hydrogens is 356 g/mol. The number of carbonyl (C=O) groups excluding carboxylic acids is 1. The van der Waals surface area contributed by atoms with Gasteiger partial charge >= 0.3 is 0 Å². The number of fused-ring (bicyclic) bond motifs is 1. The Morgan fingerprint density at radius 2 is 1.61 bits per heavy atom. The number of ketones is 1. The fourth-order valence-electron chi connectivity index (χ4n) is 3.27. The van der Waals surface area contributed by atoms with Crippen LogP contribution in [0.15, 0.2) is 60.7 Å². The number of benzene rings is 3. The Morgan fingerprint density at radius 1 is 0.893 bits per heavy atom. The molecule has 0 amide bonds. The van der Waals surface area contributed by atoms with Gasteiger partial charge in [0, 0.05) is 6.07 Å². The smallest absolute Gasteiger partial charge is 0.174 e. The van der Waals surface area contributed by atoms with Crippen molar-refractivity contribution in [3.05, 3.63) is 82.9 Å². The zero-order chi connectivity index (χ0) is 19.7. The van der Waals surface area contributed by atoms with Gasteiger partial charge in [-0.15, -0.1) is 0 Å². The number of phenols is 3. The predicted octanol–water partition coefficient (Wildman–Crippen LogP) is 4.68. The van der Waals surface area contributed by atoms with E-state index in [-0.39, 0.29) is 40.8 Å². The number of ether oxygens (including phenoxy) is 1. The van der Waals surface area contributed by atoms with Crippen LogP contribution in [0.2, 0.25) is 0 Å². The molecule has 1 aliphatic heterocycles. The maximum atomic E-state index is 12.7. The second-order valence-electron chi connectivity index (χ2n) is 6.60. The van der Waals surface area contributed by atoms with E-state index in [1.165, 1.54) is 12.1 Å². The van der Waals surface area contributed by atoms with E-state index in [1.54, 1.807) is 24.3 Å². The number of rotatable bonds is 3. The zero-order valence-electron chi connectivity index (χ0n) is 14.9. The van der Waals surface area contributed by atoms with Gasteiger partial charge < -0.3 is 20.1 Å². The summed E-state index contributed by atoms with van der Waals surface area (Å²) in [5.41, 5.74) is 2.03. The van der Waals surface area contributed by atoms with Crippen LogP contribution in [-0.4, -0.2) is 21.1 Å². The molecule has 1 heterocycles. The summed E-state index contributed by atoms with van der Waals surface area (Å²) < 4.78 is 6.04. The van der Waals surface area contributed by atoms with Crippen LogP contribution >= 0.6 is 0 Å². The quantitative estimate of drug-likeness (QED) is 0.580. The van der Waals surface area contributed by atoms with E-state index in [2.05, 4.69) is 0 Å². The van der Waals surface area contributed by atoms with Gasteiger partial charge in [-0.2, -0.15) is 0 Å². The Bertz CT molecular complexity index is 1050. The van der Waals surface area contributed by atoms with Gasteiger partial charge in [-0.25, -0.2) is 0 Å². The van der Waals surface area contributed by atoms with Crippen LogP contribution in [0.5, 0.6) is 23.0 Å². The molecule has 0 saturated heterocycles. The van der Waals surface area contributed by atoms with Crippen molar-refractivity contribution in [1.82, 2.24) is 0 Å². The zero-order valence-corrected chi connectivity index (χ0v) is 14.9. The monoisotopic (exact) mass is 374 g/mol. The van der Waals surface area contributed by atoms with Gasteiger partial charge in [-0.05, 0) is 29.3 Å². The molecule has 1 aliphatic rings. The van der Waals surface area contributed by atoms with Crippen molar-refractivity contribution in [3.8, 4) is 23.0 Å². The molecule has 0 saturated carbocycles. The van der Waals surface area contributed by atoms with Crippen molar-refractivity contribution in [3.63, 3.8) is 0 Å².